The first-order chi connectivity index (χ1) is 21.0. The highest BCUT2D eigenvalue weighted by Gasteiger charge is 2.23. The Morgan fingerprint density at radius 1 is 0.791 bits per heavy atom. The van der Waals surface area contributed by atoms with Crippen LogP contribution in [0.1, 0.15) is 15.9 Å². The van der Waals surface area contributed by atoms with Crippen molar-refractivity contribution in [3.05, 3.63) is 120 Å². The topological polar surface area (TPSA) is 78.7 Å². The van der Waals surface area contributed by atoms with E-state index in [0.29, 0.717) is 24.1 Å². The smallest absolute Gasteiger partial charge is 0.257 e. The molecule has 0 radical (unpaired) electrons. The molecule has 1 aromatic heterocycles. The highest BCUT2D eigenvalue weighted by molar-refractivity contribution is 7.99. The molecule has 1 N–H and O–H groups in total. The average molecular weight is 589 g/mol. The number of piperazine rings is 1. The Morgan fingerprint density at radius 3 is 2.09 bits per heavy atom. The molecule has 43 heavy (non-hydrogen) atoms. The van der Waals surface area contributed by atoms with E-state index in [1.165, 1.54) is 11.8 Å². The molecule has 7 nitrogen and oxygen atoms in total. The van der Waals surface area contributed by atoms with Crippen LogP contribution in [-0.4, -0.2) is 53.6 Å². The van der Waals surface area contributed by atoms with Gasteiger partial charge >= 0.3 is 0 Å². The number of rotatable bonds is 8. The molecule has 1 saturated heterocycles. The van der Waals surface area contributed by atoms with E-state index in [1.54, 1.807) is 0 Å². The van der Waals surface area contributed by atoms with Crippen LogP contribution in [-0.2, 0) is 4.79 Å². The fraction of sp³-hybridized carbons (Fsp3) is 0.171. The summed E-state index contributed by atoms with van der Waals surface area (Å²) >= 11 is 1.27. The van der Waals surface area contributed by atoms with Gasteiger partial charge in [-0.1, -0.05) is 90.6 Å². The summed E-state index contributed by atoms with van der Waals surface area (Å²) in [7, 11) is 0. The van der Waals surface area contributed by atoms with E-state index in [-0.39, 0.29) is 17.6 Å². The second kappa shape index (κ2) is 13.0. The van der Waals surface area contributed by atoms with Gasteiger partial charge in [0, 0.05) is 54.2 Å². The van der Waals surface area contributed by atoms with Gasteiger partial charge in [0.25, 0.3) is 11.1 Å². The Balaban J connectivity index is 1.04. The number of aromatic nitrogens is 1. The normalized spacial score (nSPS) is 13.1. The van der Waals surface area contributed by atoms with E-state index in [2.05, 4.69) is 10.2 Å². The number of carbonyl (C=O) groups is 2. The number of benzene rings is 4. The maximum atomic E-state index is 13.0. The fourth-order valence-electron chi connectivity index (χ4n) is 5.17. The van der Waals surface area contributed by atoms with Crippen LogP contribution in [0.15, 0.2) is 119 Å². The zero-order valence-corrected chi connectivity index (χ0v) is 24.7. The molecule has 1 aliphatic heterocycles. The fourth-order valence-corrected chi connectivity index (χ4v) is 5.79. The lowest BCUT2D eigenvalue weighted by molar-refractivity contribution is -0.113. The van der Waals surface area contributed by atoms with Crippen molar-refractivity contribution in [2.24, 2.45) is 0 Å². The molecule has 6 rings (SSSR count). The van der Waals surface area contributed by atoms with Crippen LogP contribution < -0.4 is 10.2 Å². The Bertz CT molecular complexity index is 1640. The Kier molecular flexibility index (Phi) is 8.56. The van der Waals surface area contributed by atoms with Crippen LogP contribution in [0.4, 0.5) is 11.4 Å². The van der Waals surface area contributed by atoms with Crippen LogP contribution in [0.3, 0.4) is 0 Å². The number of aryl methyl sites for hydroxylation is 1. The third-order valence-corrected chi connectivity index (χ3v) is 8.30. The average Bonchev–Trinajstić information content (AvgIpc) is 3.50. The SMILES string of the molecule is Cc1ccccc1C(=O)N1CCN(c2ccc(NC(=O)CSc3nc(-c4ccccc4)c(-c4ccccc4)o3)cc2)CC1. The van der Waals surface area contributed by atoms with E-state index < -0.39 is 0 Å². The van der Waals surface area contributed by atoms with Crippen LogP contribution in [0, 0.1) is 6.92 Å². The maximum absolute atomic E-state index is 13.0. The summed E-state index contributed by atoms with van der Waals surface area (Å²) in [5.41, 5.74) is 6.21. The number of hydrogen-bond acceptors (Lipinski definition) is 6. The van der Waals surface area contributed by atoms with Gasteiger partial charge in [0.15, 0.2) is 5.76 Å². The van der Waals surface area contributed by atoms with Crippen LogP contribution in [0.5, 0.6) is 0 Å². The van der Waals surface area contributed by atoms with E-state index in [1.807, 2.05) is 121 Å². The van der Waals surface area contributed by atoms with Crippen molar-refractivity contribution in [3.8, 4) is 22.6 Å². The predicted molar refractivity (Wildman–Crippen MR) is 172 cm³/mol. The molecule has 4 aromatic carbocycles. The van der Waals surface area contributed by atoms with Crippen molar-refractivity contribution in [1.82, 2.24) is 9.88 Å². The predicted octanol–water partition coefficient (Wildman–Crippen LogP) is 7.01. The molecule has 5 aromatic rings. The molecule has 216 valence electrons. The molecule has 0 unspecified atom stereocenters. The minimum Gasteiger partial charge on any atom is -0.431 e. The first-order valence-corrected chi connectivity index (χ1v) is 15.3. The van der Waals surface area contributed by atoms with Gasteiger partial charge in [0.05, 0.1) is 5.75 Å². The summed E-state index contributed by atoms with van der Waals surface area (Å²) in [5.74, 6) is 0.806. The van der Waals surface area contributed by atoms with E-state index >= 15 is 0 Å². The maximum Gasteiger partial charge on any atom is 0.257 e. The summed E-state index contributed by atoms with van der Waals surface area (Å²) in [6.07, 6.45) is 0. The van der Waals surface area contributed by atoms with Crippen LogP contribution in [0.2, 0.25) is 0 Å². The molecule has 1 aliphatic rings. The van der Waals surface area contributed by atoms with Gasteiger partial charge in [0.2, 0.25) is 5.91 Å². The molecule has 2 amide bonds. The lowest BCUT2D eigenvalue weighted by atomic mass is 10.1. The van der Waals surface area contributed by atoms with Crippen LogP contribution >= 0.6 is 11.8 Å². The zero-order chi connectivity index (χ0) is 29.6. The van der Waals surface area contributed by atoms with Crippen molar-refractivity contribution in [3.63, 3.8) is 0 Å². The largest absolute Gasteiger partial charge is 0.431 e. The molecule has 2 heterocycles. The number of nitrogens with zero attached hydrogens (tertiary/aromatic N) is 3. The van der Waals surface area contributed by atoms with Crippen molar-refractivity contribution in [2.45, 2.75) is 12.1 Å². The Hall–Kier alpha value is -4.82. The van der Waals surface area contributed by atoms with Crippen molar-refractivity contribution in [1.29, 1.82) is 0 Å². The molecule has 0 aliphatic carbocycles. The van der Waals surface area contributed by atoms with Gasteiger partial charge in [-0.15, -0.1) is 0 Å². The van der Waals surface area contributed by atoms with Crippen molar-refractivity contribution < 1.29 is 14.0 Å². The molecular weight excluding hydrogens is 556 g/mol. The van der Waals surface area contributed by atoms with Crippen molar-refractivity contribution in [2.75, 3.05) is 42.1 Å². The molecular formula is C35H32N4O3S. The molecule has 0 saturated carbocycles. The Labute approximate surface area is 255 Å². The first-order valence-electron chi connectivity index (χ1n) is 14.3. The molecule has 1 fully saturated rings. The highest BCUT2D eigenvalue weighted by atomic mass is 32.2. The molecule has 0 atom stereocenters. The second-order valence-electron chi connectivity index (χ2n) is 10.4. The minimum atomic E-state index is -0.137. The lowest BCUT2D eigenvalue weighted by Gasteiger charge is -2.36. The summed E-state index contributed by atoms with van der Waals surface area (Å²) in [6.45, 7) is 4.82. The number of anilines is 2. The zero-order valence-electron chi connectivity index (χ0n) is 23.9. The number of amides is 2. The third kappa shape index (κ3) is 6.65. The first kappa shape index (κ1) is 28.3. The summed E-state index contributed by atoms with van der Waals surface area (Å²) in [5, 5.41) is 3.42. The van der Waals surface area contributed by atoms with Gasteiger partial charge in [-0.2, -0.15) is 0 Å². The van der Waals surface area contributed by atoms with Crippen LogP contribution in [0.25, 0.3) is 22.6 Å². The standard InChI is InChI=1S/C35H32N4O3S/c1-25-10-8-9-15-30(25)34(41)39-22-20-38(21-23-39)29-18-16-28(17-19-29)36-31(40)24-43-35-37-32(26-11-4-2-5-12-26)33(42-35)27-13-6-3-7-14-27/h2-19H,20-24H2,1H3,(H,36,40). The quantitative estimate of drug-likeness (QED) is 0.197. The summed E-state index contributed by atoms with van der Waals surface area (Å²) in [4.78, 5) is 34.7. The number of nitrogens with one attached hydrogen (secondary N) is 1. The number of carbonyl (C=O) groups excluding carboxylic acids is 2. The number of oxazole rings is 1. The van der Waals surface area contributed by atoms with Gasteiger partial charge in [-0.3, -0.25) is 9.59 Å². The lowest BCUT2D eigenvalue weighted by Crippen LogP contribution is -2.48. The monoisotopic (exact) mass is 588 g/mol. The van der Waals surface area contributed by atoms with Gasteiger partial charge < -0.3 is 19.5 Å². The minimum absolute atomic E-state index is 0.0889. The second-order valence-corrected chi connectivity index (χ2v) is 11.3. The van der Waals surface area contributed by atoms with Crippen molar-refractivity contribution >= 4 is 35.0 Å². The third-order valence-electron chi connectivity index (χ3n) is 7.48. The number of thioether (sulfide) groups is 1. The molecule has 0 bridgehead atoms. The van der Waals surface area contributed by atoms with E-state index in [0.717, 1.165) is 52.4 Å². The summed E-state index contributed by atoms with van der Waals surface area (Å²) < 4.78 is 6.13. The van der Waals surface area contributed by atoms with E-state index in [9.17, 15) is 9.59 Å². The van der Waals surface area contributed by atoms with Gasteiger partial charge in [-0.25, -0.2) is 4.98 Å². The number of hydrogen-bond donors (Lipinski definition) is 1. The Morgan fingerprint density at radius 2 is 1.42 bits per heavy atom. The van der Waals surface area contributed by atoms with Gasteiger partial charge in [-0.05, 0) is 42.8 Å². The summed E-state index contributed by atoms with van der Waals surface area (Å²) in [6, 6.07) is 35.3. The highest BCUT2D eigenvalue weighted by Crippen LogP contribution is 2.35. The van der Waals surface area contributed by atoms with E-state index in [4.69, 9.17) is 9.40 Å². The molecule has 8 heteroatoms. The molecule has 0 spiro atoms. The van der Waals surface area contributed by atoms with Gasteiger partial charge in [0.1, 0.15) is 5.69 Å².